The number of hydrogen-bond acceptors (Lipinski definition) is 4. The van der Waals surface area contributed by atoms with Gasteiger partial charge in [-0.15, -0.1) is 0 Å². The number of benzene rings is 2. The van der Waals surface area contributed by atoms with E-state index in [2.05, 4.69) is 10.4 Å². The third-order valence-electron chi connectivity index (χ3n) is 4.17. The summed E-state index contributed by atoms with van der Waals surface area (Å²) in [4.78, 5) is 31.1. The lowest BCUT2D eigenvalue weighted by Crippen LogP contribution is -2.39. The quantitative estimate of drug-likeness (QED) is 0.727. The van der Waals surface area contributed by atoms with E-state index < -0.39 is 28.9 Å². The van der Waals surface area contributed by atoms with Crippen molar-refractivity contribution >= 4 is 22.8 Å². The molecule has 0 spiro atoms. The fraction of sp³-hybridized carbons (Fsp3) is 0.211. The first kappa shape index (κ1) is 19.4. The van der Waals surface area contributed by atoms with Crippen LogP contribution < -0.4 is 15.9 Å². The molecule has 1 aromatic heterocycles. The lowest BCUT2D eigenvalue weighted by atomic mass is 10.1. The summed E-state index contributed by atoms with van der Waals surface area (Å²) in [7, 11) is 1.65. The second kappa shape index (κ2) is 7.71. The first-order chi connectivity index (χ1) is 13.3. The molecule has 2 aromatic carbocycles. The highest BCUT2D eigenvalue weighted by Crippen LogP contribution is 2.16. The maximum atomic E-state index is 14.2. The number of nitrogens with one attached hydrogen (secondary N) is 1. The van der Waals surface area contributed by atoms with Crippen molar-refractivity contribution in [3.05, 3.63) is 69.8 Å². The van der Waals surface area contributed by atoms with Crippen LogP contribution in [0.15, 0.2) is 41.2 Å². The van der Waals surface area contributed by atoms with E-state index in [1.807, 2.05) is 6.92 Å². The van der Waals surface area contributed by atoms with Gasteiger partial charge in [-0.25, -0.2) is 18.2 Å². The topological polar surface area (TPSA) is 67.2 Å². The van der Waals surface area contributed by atoms with Crippen molar-refractivity contribution in [1.82, 2.24) is 9.66 Å². The van der Waals surface area contributed by atoms with Gasteiger partial charge >= 0.3 is 0 Å². The molecule has 1 amide bonds. The maximum absolute atomic E-state index is 14.2. The Morgan fingerprint density at radius 2 is 1.86 bits per heavy atom. The lowest BCUT2D eigenvalue weighted by Gasteiger charge is -2.21. The molecule has 6 nitrogen and oxygen atoms in total. The Hall–Kier alpha value is -3.36. The third-order valence-corrected chi connectivity index (χ3v) is 4.17. The van der Waals surface area contributed by atoms with Crippen LogP contribution in [0.25, 0.3) is 10.9 Å². The molecule has 0 saturated carbocycles. The summed E-state index contributed by atoms with van der Waals surface area (Å²) >= 11 is 0. The van der Waals surface area contributed by atoms with Crippen molar-refractivity contribution in [3.63, 3.8) is 0 Å². The summed E-state index contributed by atoms with van der Waals surface area (Å²) in [6.45, 7) is 2.27. The Bertz CT molecular complexity index is 1090. The Morgan fingerprint density at radius 3 is 2.50 bits per heavy atom. The van der Waals surface area contributed by atoms with E-state index >= 15 is 0 Å². The predicted molar refractivity (Wildman–Crippen MR) is 99.3 cm³/mol. The van der Waals surface area contributed by atoms with Crippen molar-refractivity contribution in [3.8, 4) is 0 Å². The zero-order chi connectivity index (χ0) is 20.4. The molecule has 0 aliphatic heterocycles. The summed E-state index contributed by atoms with van der Waals surface area (Å²) in [5.41, 5.74) is 1.80. The molecule has 0 bridgehead atoms. The van der Waals surface area contributed by atoms with E-state index in [1.54, 1.807) is 11.9 Å². The van der Waals surface area contributed by atoms with Crippen LogP contribution in [0.4, 0.5) is 19.1 Å². The number of amides is 1. The molecule has 0 aliphatic rings. The van der Waals surface area contributed by atoms with Crippen LogP contribution >= 0.6 is 0 Å². The zero-order valence-electron chi connectivity index (χ0n) is 15.2. The van der Waals surface area contributed by atoms with Crippen molar-refractivity contribution in [2.24, 2.45) is 0 Å². The van der Waals surface area contributed by atoms with E-state index in [-0.39, 0.29) is 28.8 Å². The normalized spacial score (nSPS) is 10.9. The van der Waals surface area contributed by atoms with Crippen LogP contribution in [0.2, 0.25) is 0 Å². The zero-order valence-corrected chi connectivity index (χ0v) is 15.2. The first-order valence-electron chi connectivity index (χ1n) is 8.47. The first-order valence-corrected chi connectivity index (χ1v) is 8.47. The monoisotopic (exact) mass is 390 g/mol. The molecule has 0 atom stereocenters. The molecular weight excluding hydrogens is 373 g/mol. The second-order valence-corrected chi connectivity index (χ2v) is 6.19. The standard InChI is InChI=1S/C19H17F3N4O2/c1-3-25(2)19-23-15-6-4-5-14(22)17(15)18(28)26(19)24-16(27)9-11-7-12(20)10-13(21)8-11/h4-8,10H,3,9H2,1-2H3,(H,24,27). The summed E-state index contributed by atoms with van der Waals surface area (Å²) in [5.74, 6) is -3.02. The highest BCUT2D eigenvalue weighted by Gasteiger charge is 2.18. The summed E-state index contributed by atoms with van der Waals surface area (Å²) in [6.07, 6.45) is -0.383. The van der Waals surface area contributed by atoms with Crippen LogP contribution in [0.3, 0.4) is 0 Å². The molecule has 146 valence electrons. The van der Waals surface area contributed by atoms with Gasteiger partial charge in [0.1, 0.15) is 22.8 Å². The molecule has 0 radical (unpaired) electrons. The van der Waals surface area contributed by atoms with E-state index in [9.17, 15) is 22.8 Å². The smallest absolute Gasteiger partial charge is 0.284 e. The fourth-order valence-electron chi connectivity index (χ4n) is 2.74. The maximum Gasteiger partial charge on any atom is 0.284 e. The molecule has 1 N–H and O–H groups in total. The van der Waals surface area contributed by atoms with E-state index in [0.717, 1.165) is 22.9 Å². The Balaban J connectivity index is 2.03. The number of aromatic nitrogens is 2. The van der Waals surface area contributed by atoms with Gasteiger partial charge in [0.25, 0.3) is 5.56 Å². The van der Waals surface area contributed by atoms with Crippen LogP contribution in [0.5, 0.6) is 0 Å². The van der Waals surface area contributed by atoms with Gasteiger partial charge < -0.3 is 4.90 Å². The van der Waals surface area contributed by atoms with Gasteiger partial charge in [-0.2, -0.15) is 4.68 Å². The second-order valence-electron chi connectivity index (χ2n) is 6.19. The molecule has 1 heterocycles. The van der Waals surface area contributed by atoms with Crippen molar-refractivity contribution in [1.29, 1.82) is 0 Å². The van der Waals surface area contributed by atoms with Gasteiger partial charge in [0.2, 0.25) is 11.9 Å². The SMILES string of the molecule is CCN(C)c1nc2cccc(F)c2c(=O)n1NC(=O)Cc1cc(F)cc(F)c1. The van der Waals surface area contributed by atoms with Gasteiger partial charge in [-0.05, 0) is 36.8 Å². The summed E-state index contributed by atoms with van der Waals surface area (Å²) < 4.78 is 41.6. The molecular formula is C19H17F3N4O2. The number of fused-ring (bicyclic) bond motifs is 1. The van der Waals surface area contributed by atoms with Crippen LogP contribution in [-0.2, 0) is 11.2 Å². The number of rotatable bonds is 5. The van der Waals surface area contributed by atoms with Crippen LogP contribution in [0.1, 0.15) is 12.5 Å². The summed E-state index contributed by atoms with van der Waals surface area (Å²) in [5, 5.41) is -0.271. The Kier molecular flexibility index (Phi) is 5.34. The number of carbonyl (C=O) groups excluding carboxylic acids is 1. The van der Waals surface area contributed by atoms with Gasteiger partial charge in [-0.1, -0.05) is 6.07 Å². The number of halogens is 3. The predicted octanol–water partition coefficient (Wildman–Crippen LogP) is 2.58. The molecule has 3 aromatic rings. The van der Waals surface area contributed by atoms with E-state index in [4.69, 9.17) is 0 Å². The van der Waals surface area contributed by atoms with E-state index in [1.165, 1.54) is 12.1 Å². The molecule has 0 aliphatic carbocycles. The van der Waals surface area contributed by atoms with Gasteiger partial charge in [0.15, 0.2) is 0 Å². The van der Waals surface area contributed by atoms with Gasteiger partial charge in [-0.3, -0.25) is 15.0 Å². The summed E-state index contributed by atoms with van der Waals surface area (Å²) in [6, 6.07) is 6.77. The number of nitrogens with zero attached hydrogens (tertiary/aromatic N) is 3. The fourth-order valence-corrected chi connectivity index (χ4v) is 2.74. The van der Waals surface area contributed by atoms with Crippen molar-refractivity contribution in [2.75, 3.05) is 23.9 Å². The number of carbonyl (C=O) groups is 1. The van der Waals surface area contributed by atoms with Crippen molar-refractivity contribution in [2.45, 2.75) is 13.3 Å². The van der Waals surface area contributed by atoms with Crippen molar-refractivity contribution < 1.29 is 18.0 Å². The molecule has 9 heteroatoms. The largest absolute Gasteiger partial charge is 0.344 e. The molecule has 3 rings (SSSR count). The van der Waals surface area contributed by atoms with Gasteiger partial charge in [0, 0.05) is 19.7 Å². The van der Waals surface area contributed by atoms with Crippen LogP contribution in [-0.4, -0.2) is 29.2 Å². The Morgan fingerprint density at radius 1 is 1.18 bits per heavy atom. The van der Waals surface area contributed by atoms with E-state index in [0.29, 0.717) is 12.6 Å². The minimum Gasteiger partial charge on any atom is -0.344 e. The highest BCUT2D eigenvalue weighted by molar-refractivity contribution is 5.87. The third kappa shape index (κ3) is 3.83. The average Bonchev–Trinajstić information content (AvgIpc) is 2.62. The van der Waals surface area contributed by atoms with Gasteiger partial charge in [0.05, 0.1) is 11.9 Å². The number of hydrogen-bond donors (Lipinski definition) is 1. The average molecular weight is 390 g/mol. The molecule has 28 heavy (non-hydrogen) atoms. The molecule has 0 saturated heterocycles. The molecule has 0 unspecified atom stereocenters. The Labute approximate surface area is 158 Å². The van der Waals surface area contributed by atoms with Crippen LogP contribution in [0, 0.1) is 17.5 Å². The lowest BCUT2D eigenvalue weighted by molar-refractivity contribution is -0.116. The minimum absolute atomic E-state index is 0.0911. The molecule has 0 fully saturated rings. The number of anilines is 1. The minimum atomic E-state index is -0.819. The highest BCUT2D eigenvalue weighted by atomic mass is 19.1.